The smallest absolute Gasteiger partial charge is 0.307 e. The number of carbonyl (C=O) groups excluding carboxylic acids is 2. The van der Waals surface area contributed by atoms with E-state index in [9.17, 15) is 9.59 Å². The number of para-hydroxylation sites is 1. The van der Waals surface area contributed by atoms with Gasteiger partial charge >= 0.3 is 5.97 Å². The first-order chi connectivity index (χ1) is 9.15. The fourth-order valence-corrected chi connectivity index (χ4v) is 2.42. The molecule has 100 valence electrons. The van der Waals surface area contributed by atoms with Crippen LogP contribution in [0, 0.1) is 0 Å². The Morgan fingerprint density at radius 1 is 1.37 bits per heavy atom. The van der Waals surface area contributed by atoms with Crippen LogP contribution in [0.2, 0.25) is 0 Å². The fraction of sp³-hybridized carbons (Fsp3) is 0.308. The Balaban J connectivity index is 1.81. The third kappa shape index (κ3) is 4.03. The lowest BCUT2D eigenvalue weighted by Gasteiger charge is -2.02. The second-order valence-electron chi connectivity index (χ2n) is 3.97. The number of hydrogen-bond acceptors (Lipinski definition) is 5. The number of esters is 1. The number of nitrogens with one attached hydrogen (secondary N) is 1. The average molecular weight is 278 g/mol. The van der Waals surface area contributed by atoms with Crippen LogP contribution >= 0.6 is 11.3 Å². The highest BCUT2D eigenvalue weighted by atomic mass is 32.1. The monoisotopic (exact) mass is 278 g/mol. The van der Waals surface area contributed by atoms with Gasteiger partial charge in [0, 0.05) is 13.5 Å². The van der Waals surface area contributed by atoms with Crippen molar-refractivity contribution in [2.75, 3.05) is 6.54 Å². The molecule has 2 rings (SSSR count). The number of ether oxygens (including phenoxy) is 1. The number of nitrogens with zero attached hydrogens (tertiary/aromatic N) is 1. The third-order valence-electron chi connectivity index (χ3n) is 2.40. The molecule has 2 aromatic rings. The van der Waals surface area contributed by atoms with Crippen LogP contribution in [-0.2, 0) is 20.9 Å². The van der Waals surface area contributed by atoms with Gasteiger partial charge in [-0.3, -0.25) is 9.59 Å². The Labute approximate surface area is 114 Å². The second-order valence-corrected chi connectivity index (χ2v) is 5.08. The number of thiazole rings is 1. The molecule has 0 saturated heterocycles. The zero-order chi connectivity index (χ0) is 13.7. The van der Waals surface area contributed by atoms with Gasteiger partial charge in [-0.1, -0.05) is 12.1 Å². The van der Waals surface area contributed by atoms with Crippen LogP contribution in [0.25, 0.3) is 10.2 Å². The lowest BCUT2D eigenvalue weighted by molar-refractivity contribution is -0.144. The fourth-order valence-electron chi connectivity index (χ4n) is 1.54. The Hall–Kier alpha value is -1.95. The van der Waals surface area contributed by atoms with E-state index < -0.39 is 0 Å². The molecule has 0 fully saturated rings. The standard InChI is InChI=1S/C13H14N2O3S/c1-9(16)14-7-6-13(17)18-8-12-15-10-4-2-3-5-11(10)19-12/h2-5H,6-8H2,1H3,(H,14,16). The Morgan fingerprint density at radius 3 is 2.89 bits per heavy atom. The highest BCUT2D eigenvalue weighted by molar-refractivity contribution is 7.18. The van der Waals surface area contributed by atoms with Gasteiger partial charge < -0.3 is 10.1 Å². The maximum absolute atomic E-state index is 11.4. The van der Waals surface area contributed by atoms with E-state index in [2.05, 4.69) is 10.3 Å². The van der Waals surface area contributed by atoms with Gasteiger partial charge in [-0.25, -0.2) is 4.98 Å². The molecule has 1 amide bonds. The minimum atomic E-state index is -0.340. The topological polar surface area (TPSA) is 68.3 Å². The Bertz CT molecular complexity index is 561. The molecule has 0 bridgehead atoms. The molecule has 0 atom stereocenters. The average Bonchev–Trinajstić information content (AvgIpc) is 2.78. The van der Waals surface area contributed by atoms with Gasteiger partial charge in [0.05, 0.1) is 16.6 Å². The zero-order valence-electron chi connectivity index (χ0n) is 10.5. The summed E-state index contributed by atoms with van der Waals surface area (Å²) in [6, 6.07) is 7.78. The molecule has 0 aliphatic heterocycles. The quantitative estimate of drug-likeness (QED) is 0.848. The van der Waals surface area contributed by atoms with Crippen molar-refractivity contribution < 1.29 is 14.3 Å². The van der Waals surface area contributed by atoms with E-state index in [-0.39, 0.29) is 24.9 Å². The first-order valence-electron chi connectivity index (χ1n) is 5.89. The van der Waals surface area contributed by atoms with Gasteiger partial charge in [0.2, 0.25) is 5.91 Å². The molecule has 0 unspecified atom stereocenters. The normalized spacial score (nSPS) is 10.4. The number of amides is 1. The summed E-state index contributed by atoms with van der Waals surface area (Å²) in [7, 11) is 0. The van der Waals surface area contributed by atoms with E-state index in [1.807, 2.05) is 24.3 Å². The van der Waals surface area contributed by atoms with Gasteiger partial charge in [-0.05, 0) is 12.1 Å². The molecule has 1 aromatic heterocycles. The van der Waals surface area contributed by atoms with Gasteiger partial charge in [-0.2, -0.15) is 0 Å². The van der Waals surface area contributed by atoms with Gasteiger partial charge in [0.1, 0.15) is 11.6 Å². The first-order valence-corrected chi connectivity index (χ1v) is 6.71. The van der Waals surface area contributed by atoms with Crippen LogP contribution in [0.15, 0.2) is 24.3 Å². The SMILES string of the molecule is CC(=O)NCCC(=O)OCc1nc2ccccc2s1. The van der Waals surface area contributed by atoms with Crippen molar-refractivity contribution in [1.82, 2.24) is 10.3 Å². The number of aromatic nitrogens is 1. The summed E-state index contributed by atoms with van der Waals surface area (Å²) in [5.74, 6) is -0.494. The largest absolute Gasteiger partial charge is 0.458 e. The van der Waals surface area contributed by atoms with Crippen molar-refractivity contribution in [2.24, 2.45) is 0 Å². The number of benzene rings is 1. The van der Waals surface area contributed by atoms with Gasteiger partial charge in [0.25, 0.3) is 0 Å². The number of rotatable bonds is 5. The molecule has 0 aliphatic rings. The molecule has 1 heterocycles. The van der Waals surface area contributed by atoms with Crippen LogP contribution in [0.5, 0.6) is 0 Å². The highest BCUT2D eigenvalue weighted by Crippen LogP contribution is 2.21. The first kappa shape index (κ1) is 13.5. The summed E-state index contributed by atoms with van der Waals surface area (Å²) in [4.78, 5) is 26.4. The van der Waals surface area contributed by atoms with Gasteiger partial charge in [0.15, 0.2) is 0 Å². The number of fused-ring (bicyclic) bond motifs is 1. The minimum absolute atomic E-state index is 0.154. The molecule has 5 nitrogen and oxygen atoms in total. The van der Waals surface area contributed by atoms with E-state index in [0.717, 1.165) is 15.2 Å². The van der Waals surface area contributed by atoms with E-state index in [0.29, 0.717) is 6.54 Å². The van der Waals surface area contributed by atoms with Crippen molar-refractivity contribution >= 4 is 33.4 Å². The van der Waals surface area contributed by atoms with Crippen molar-refractivity contribution in [3.05, 3.63) is 29.3 Å². The van der Waals surface area contributed by atoms with Crippen molar-refractivity contribution in [1.29, 1.82) is 0 Å². The summed E-state index contributed by atoms with van der Waals surface area (Å²) in [5.41, 5.74) is 0.914. The Morgan fingerprint density at radius 2 is 2.16 bits per heavy atom. The third-order valence-corrected chi connectivity index (χ3v) is 3.41. The van der Waals surface area contributed by atoms with E-state index in [1.165, 1.54) is 18.3 Å². The Kier molecular flexibility index (Phi) is 4.46. The lowest BCUT2D eigenvalue weighted by atomic mass is 10.3. The highest BCUT2D eigenvalue weighted by Gasteiger charge is 2.07. The van der Waals surface area contributed by atoms with Crippen LogP contribution < -0.4 is 5.32 Å². The van der Waals surface area contributed by atoms with Crippen LogP contribution in [0.1, 0.15) is 18.4 Å². The zero-order valence-corrected chi connectivity index (χ0v) is 11.3. The maximum atomic E-state index is 11.4. The van der Waals surface area contributed by atoms with Crippen molar-refractivity contribution in [2.45, 2.75) is 20.0 Å². The maximum Gasteiger partial charge on any atom is 0.307 e. The lowest BCUT2D eigenvalue weighted by Crippen LogP contribution is -2.23. The molecule has 1 N–H and O–H groups in total. The number of carbonyl (C=O) groups is 2. The molecular formula is C13H14N2O3S. The van der Waals surface area contributed by atoms with E-state index >= 15 is 0 Å². The number of hydrogen-bond donors (Lipinski definition) is 1. The second kappa shape index (κ2) is 6.29. The predicted molar refractivity (Wildman–Crippen MR) is 72.7 cm³/mol. The predicted octanol–water partition coefficient (Wildman–Crippen LogP) is 1.87. The molecular weight excluding hydrogens is 264 g/mol. The molecule has 6 heteroatoms. The van der Waals surface area contributed by atoms with E-state index in [4.69, 9.17) is 4.74 Å². The summed E-state index contributed by atoms with van der Waals surface area (Å²) in [6.45, 7) is 1.89. The minimum Gasteiger partial charge on any atom is -0.458 e. The molecule has 0 radical (unpaired) electrons. The summed E-state index contributed by atoms with van der Waals surface area (Å²) >= 11 is 1.51. The van der Waals surface area contributed by atoms with Crippen LogP contribution in [-0.4, -0.2) is 23.4 Å². The van der Waals surface area contributed by atoms with Crippen molar-refractivity contribution in [3.63, 3.8) is 0 Å². The van der Waals surface area contributed by atoms with Crippen LogP contribution in [0.4, 0.5) is 0 Å². The summed E-state index contributed by atoms with van der Waals surface area (Å²) in [5, 5.41) is 3.32. The molecule has 0 spiro atoms. The molecule has 0 saturated carbocycles. The van der Waals surface area contributed by atoms with E-state index in [1.54, 1.807) is 0 Å². The molecule has 1 aromatic carbocycles. The summed E-state index contributed by atoms with van der Waals surface area (Å²) < 4.78 is 6.17. The summed E-state index contributed by atoms with van der Waals surface area (Å²) in [6.07, 6.45) is 0.171. The molecule has 0 aliphatic carbocycles. The van der Waals surface area contributed by atoms with Gasteiger partial charge in [-0.15, -0.1) is 11.3 Å². The van der Waals surface area contributed by atoms with Crippen molar-refractivity contribution in [3.8, 4) is 0 Å². The molecule has 19 heavy (non-hydrogen) atoms. The van der Waals surface area contributed by atoms with Crippen LogP contribution in [0.3, 0.4) is 0 Å².